The average Bonchev–Trinajstić information content (AvgIpc) is 2.28. The highest BCUT2D eigenvalue weighted by Crippen LogP contribution is 2.18. The van der Waals surface area contributed by atoms with Gasteiger partial charge in [-0.25, -0.2) is 15.8 Å². The number of hydrogen-bond acceptors (Lipinski definition) is 6. The van der Waals surface area contributed by atoms with Gasteiger partial charge in [-0.15, -0.1) is 0 Å². The molecule has 0 fully saturated rings. The lowest BCUT2D eigenvalue weighted by atomic mass is 10.3. The first kappa shape index (κ1) is 13.9. The molecule has 1 aromatic rings. The van der Waals surface area contributed by atoms with E-state index in [0.717, 1.165) is 24.3 Å². The standard InChI is InChI=1S/C10H19N5OS/c1-7-9(12-5-4-6-17(3)16)13-8(2)14-10(7)15-11/h4-6,11H2,1-3H3,(H2,12,13,14,15). The van der Waals surface area contributed by atoms with Crippen LogP contribution in [-0.2, 0) is 10.8 Å². The second kappa shape index (κ2) is 6.51. The number of aryl methyl sites for hydroxylation is 1. The summed E-state index contributed by atoms with van der Waals surface area (Å²) in [4.78, 5) is 8.48. The highest BCUT2D eigenvalue weighted by atomic mass is 32.2. The summed E-state index contributed by atoms with van der Waals surface area (Å²) in [5.74, 6) is 8.12. The largest absolute Gasteiger partial charge is 0.370 e. The van der Waals surface area contributed by atoms with Crippen LogP contribution in [0, 0.1) is 13.8 Å². The molecule has 0 saturated carbocycles. The molecule has 0 aromatic carbocycles. The van der Waals surface area contributed by atoms with Crippen LogP contribution in [0.15, 0.2) is 0 Å². The maximum atomic E-state index is 10.9. The van der Waals surface area contributed by atoms with Gasteiger partial charge in [0.1, 0.15) is 17.5 Å². The molecular formula is C10H19N5OS. The smallest absolute Gasteiger partial charge is 0.148 e. The quantitative estimate of drug-likeness (QED) is 0.392. The fourth-order valence-corrected chi connectivity index (χ4v) is 1.97. The Balaban J connectivity index is 2.64. The minimum Gasteiger partial charge on any atom is -0.370 e. The second-order valence-electron chi connectivity index (χ2n) is 3.80. The van der Waals surface area contributed by atoms with E-state index in [1.807, 2.05) is 13.8 Å². The SMILES string of the molecule is Cc1nc(NN)c(C)c(NCCCS(C)=O)n1. The molecular weight excluding hydrogens is 238 g/mol. The molecule has 0 bridgehead atoms. The van der Waals surface area contributed by atoms with Crippen LogP contribution in [0.25, 0.3) is 0 Å². The summed E-state index contributed by atoms with van der Waals surface area (Å²) in [5.41, 5.74) is 3.43. The van der Waals surface area contributed by atoms with Crippen molar-refractivity contribution < 1.29 is 4.21 Å². The van der Waals surface area contributed by atoms with Crippen molar-refractivity contribution in [3.05, 3.63) is 11.4 Å². The van der Waals surface area contributed by atoms with Crippen molar-refractivity contribution in [1.82, 2.24) is 9.97 Å². The van der Waals surface area contributed by atoms with Crippen molar-refractivity contribution in [2.75, 3.05) is 29.3 Å². The van der Waals surface area contributed by atoms with Gasteiger partial charge in [0.05, 0.1) is 0 Å². The van der Waals surface area contributed by atoms with Gasteiger partial charge in [0.2, 0.25) is 0 Å². The third-order valence-corrected chi connectivity index (χ3v) is 3.16. The summed E-state index contributed by atoms with van der Waals surface area (Å²) in [6.45, 7) is 4.45. The molecule has 1 atom stereocenters. The first-order chi connectivity index (χ1) is 8.04. The highest BCUT2D eigenvalue weighted by Gasteiger charge is 2.07. The molecule has 1 rings (SSSR count). The Bertz CT molecular complexity index is 410. The number of nitrogens with zero attached hydrogens (tertiary/aromatic N) is 2. The highest BCUT2D eigenvalue weighted by molar-refractivity contribution is 7.84. The van der Waals surface area contributed by atoms with Gasteiger partial charge in [-0.05, 0) is 20.3 Å². The molecule has 0 amide bonds. The first-order valence-corrected chi connectivity index (χ1v) is 7.13. The number of nitrogen functional groups attached to an aromatic ring is 1. The Hall–Kier alpha value is -1.21. The molecule has 96 valence electrons. The molecule has 0 aliphatic rings. The lowest BCUT2D eigenvalue weighted by Crippen LogP contribution is -2.15. The maximum absolute atomic E-state index is 10.9. The molecule has 17 heavy (non-hydrogen) atoms. The molecule has 0 spiro atoms. The van der Waals surface area contributed by atoms with E-state index in [9.17, 15) is 4.21 Å². The predicted molar refractivity (Wildman–Crippen MR) is 71.4 cm³/mol. The summed E-state index contributed by atoms with van der Waals surface area (Å²) in [7, 11) is -0.744. The normalized spacial score (nSPS) is 12.2. The average molecular weight is 257 g/mol. The summed E-state index contributed by atoms with van der Waals surface area (Å²) in [6, 6.07) is 0. The molecule has 1 aromatic heterocycles. The van der Waals surface area contributed by atoms with Crippen LogP contribution < -0.4 is 16.6 Å². The zero-order valence-corrected chi connectivity index (χ0v) is 11.2. The maximum Gasteiger partial charge on any atom is 0.148 e. The van der Waals surface area contributed by atoms with Crippen molar-refractivity contribution in [2.24, 2.45) is 5.84 Å². The van der Waals surface area contributed by atoms with Crippen molar-refractivity contribution in [1.29, 1.82) is 0 Å². The second-order valence-corrected chi connectivity index (χ2v) is 5.35. The van der Waals surface area contributed by atoms with Gasteiger partial charge >= 0.3 is 0 Å². The topological polar surface area (TPSA) is 92.9 Å². The summed E-state index contributed by atoms with van der Waals surface area (Å²) >= 11 is 0. The van der Waals surface area contributed by atoms with Crippen LogP contribution in [0.1, 0.15) is 17.8 Å². The molecule has 1 unspecified atom stereocenters. The number of hydrazine groups is 1. The summed E-state index contributed by atoms with van der Waals surface area (Å²) in [6.07, 6.45) is 2.55. The van der Waals surface area contributed by atoms with E-state index in [-0.39, 0.29) is 0 Å². The van der Waals surface area contributed by atoms with Gasteiger partial charge in [0.15, 0.2) is 0 Å². The van der Waals surface area contributed by atoms with E-state index < -0.39 is 10.8 Å². The van der Waals surface area contributed by atoms with E-state index in [4.69, 9.17) is 5.84 Å². The minimum absolute atomic E-state index is 0.624. The number of rotatable bonds is 6. The van der Waals surface area contributed by atoms with Crippen molar-refractivity contribution >= 4 is 22.4 Å². The van der Waals surface area contributed by atoms with Crippen LogP contribution in [0.5, 0.6) is 0 Å². The predicted octanol–water partition coefficient (Wildman–Crippen LogP) is 0.560. The van der Waals surface area contributed by atoms with Gasteiger partial charge in [0.25, 0.3) is 0 Å². The van der Waals surface area contributed by atoms with E-state index in [1.54, 1.807) is 6.26 Å². The van der Waals surface area contributed by atoms with Crippen LogP contribution in [0.2, 0.25) is 0 Å². The molecule has 6 nitrogen and oxygen atoms in total. The van der Waals surface area contributed by atoms with Gasteiger partial charge in [-0.2, -0.15) is 0 Å². The zero-order chi connectivity index (χ0) is 12.8. The van der Waals surface area contributed by atoms with E-state index in [0.29, 0.717) is 17.4 Å². The fraction of sp³-hybridized carbons (Fsp3) is 0.600. The monoisotopic (exact) mass is 257 g/mol. The lowest BCUT2D eigenvalue weighted by Gasteiger charge is -2.12. The third-order valence-electron chi connectivity index (χ3n) is 2.30. The zero-order valence-electron chi connectivity index (χ0n) is 10.4. The lowest BCUT2D eigenvalue weighted by molar-refractivity contribution is 0.685. The summed E-state index contributed by atoms with van der Waals surface area (Å²) < 4.78 is 10.9. The molecule has 0 radical (unpaired) electrons. The molecule has 0 saturated heterocycles. The van der Waals surface area contributed by atoms with Crippen LogP contribution in [-0.4, -0.2) is 32.7 Å². The van der Waals surface area contributed by atoms with E-state index in [1.165, 1.54) is 0 Å². The number of nitrogens with one attached hydrogen (secondary N) is 2. The Morgan fingerprint density at radius 2 is 1.94 bits per heavy atom. The van der Waals surface area contributed by atoms with Crippen LogP contribution in [0.3, 0.4) is 0 Å². The molecule has 7 heteroatoms. The molecule has 1 heterocycles. The fourth-order valence-electron chi connectivity index (χ4n) is 1.42. The minimum atomic E-state index is -0.744. The van der Waals surface area contributed by atoms with Gasteiger partial charge in [-0.1, -0.05) is 0 Å². The Kier molecular flexibility index (Phi) is 5.30. The number of hydrogen-bond donors (Lipinski definition) is 3. The third kappa shape index (κ3) is 4.27. The number of anilines is 2. The van der Waals surface area contributed by atoms with E-state index in [2.05, 4.69) is 20.7 Å². The Labute approximate surface area is 104 Å². The molecule has 4 N–H and O–H groups in total. The van der Waals surface area contributed by atoms with Crippen LogP contribution >= 0.6 is 0 Å². The number of aromatic nitrogens is 2. The van der Waals surface area contributed by atoms with E-state index >= 15 is 0 Å². The van der Waals surface area contributed by atoms with Crippen molar-refractivity contribution in [3.8, 4) is 0 Å². The van der Waals surface area contributed by atoms with Gasteiger partial charge in [-0.3, -0.25) is 4.21 Å². The van der Waals surface area contributed by atoms with Crippen molar-refractivity contribution in [3.63, 3.8) is 0 Å². The van der Waals surface area contributed by atoms with Crippen LogP contribution in [0.4, 0.5) is 11.6 Å². The van der Waals surface area contributed by atoms with Gasteiger partial charge in [0, 0.05) is 34.9 Å². The molecule has 0 aliphatic heterocycles. The Morgan fingerprint density at radius 3 is 2.53 bits per heavy atom. The summed E-state index contributed by atoms with van der Waals surface area (Å²) in [5, 5.41) is 3.20. The van der Waals surface area contributed by atoms with Gasteiger partial charge < -0.3 is 10.7 Å². The van der Waals surface area contributed by atoms with Crippen molar-refractivity contribution in [2.45, 2.75) is 20.3 Å². The Morgan fingerprint density at radius 1 is 1.29 bits per heavy atom. The number of nitrogens with two attached hydrogens (primary N) is 1. The first-order valence-electron chi connectivity index (χ1n) is 5.40. The molecule has 0 aliphatic carbocycles.